The van der Waals surface area contributed by atoms with Crippen molar-refractivity contribution in [2.45, 2.75) is 12.5 Å². The van der Waals surface area contributed by atoms with Gasteiger partial charge in [0.15, 0.2) is 9.84 Å². The van der Waals surface area contributed by atoms with E-state index in [-0.39, 0.29) is 17.5 Å². The van der Waals surface area contributed by atoms with E-state index in [1.165, 1.54) is 0 Å². The molecular formula is C16H15NO3S. The summed E-state index contributed by atoms with van der Waals surface area (Å²) in [5.74, 6) is 0.499. The monoisotopic (exact) mass is 301 g/mol. The van der Waals surface area contributed by atoms with Crippen molar-refractivity contribution in [1.29, 1.82) is 0 Å². The molecule has 2 heterocycles. The molecule has 1 aromatic heterocycles. The molecule has 3 aromatic rings. The lowest BCUT2D eigenvalue weighted by molar-refractivity contribution is 0.602. The lowest BCUT2D eigenvalue weighted by Gasteiger charge is -2.12. The van der Waals surface area contributed by atoms with Gasteiger partial charge in [0.2, 0.25) is 0 Å². The van der Waals surface area contributed by atoms with Gasteiger partial charge >= 0.3 is 0 Å². The number of fused-ring (bicyclic) bond motifs is 3. The number of nitrogens with one attached hydrogen (secondary N) is 1. The largest absolute Gasteiger partial charge is 0.456 e. The molecule has 1 saturated heterocycles. The van der Waals surface area contributed by atoms with E-state index in [9.17, 15) is 8.42 Å². The van der Waals surface area contributed by atoms with Crippen molar-refractivity contribution in [1.82, 2.24) is 0 Å². The zero-order valence-corrected chi connectivity index (χ0v) is 12.2. The minimum Gasteiger partial charge on any atom is -0.456 e. The lowest BCUT2D eigenvalue weighted by atomic mass is 10.1. The topological polar surface area (TPSA) is 59.3 Å². The van der Waals surface area contributed by atoms with Crippen molar-refractivity contribution in [2.75, 3.05) is 16.8 Å². The van der Waals surface area contributed by atoms with E-state index in [1.807, 2.05) is 42.5 Å². The summed E-state index contributed by atoms with van der Waals surface area (Å²) >= 11 is 0. The van der Waals surface area contributed by atoms with Crippen molar-refractivity contribution < 1.29 is 12.8 Å². The van der Waals surface area contributed by atoms with E-state index in [2.05, 4.69) is 5.32 Å². The Bertz CT molecular complexity index is 927. The van der Waals surface area contributed by atoms with Crippen molar-refractivity contribution >= 4 is 37.5 Å². The van der Waals surface area contributed by atoms with Gasteiger partial charge in [0.25, 0.3) is 0 Å². The molecule has 1 N–H and O–H groups in total. The number of hydrogen-bond donors (Lipinski definition) is 1. The van der Waals surface area contributed by atoms with Crippen LogP contribution in [0.2, 0.25) is 0 Å². The molecule has 4 rings (SSSR count). The Morgan fingerprint density at radius 1 is 1.05 bits per heavy atom. The normalized spacial score (nSPS) is 21.0. The molecule has 1 aliphatic rings. The Balaban J connectivity index is 1.72. The first-order valence-electron chi connectivity index (χ1n) is 6.99. The van der Waals surface area contributed by atoms with Crippen molar-refractivity contribution in [3.8, 4) is 0 Å². The minimum atomic E-state index is -2.86. The summed E-state index contributed by atoms with van der Waals surface area (Å²) in [4.78, 5) is 0. The van der Waals surface area contributed by atoms with Crippen molar-refractivity contribution in [2.24, 2.45) is 0 Å². The maximum Gasteiger partial charge on any atom is 0.152 e. The number of furan rings is 1. The summed E-state index contributed by atoms with van der Waals surface area (Å²) in [6, 6.07) is 13.8. The van der Waals surface area contributed by atoms with E-state index in [0.717, 1.165) is 27.6 Å². The molecule has 21 heavy (non-hydrogen) atoms. The van der Waals surface area contributed by atoms with Crippen LogP contribution in [0.25, 0.3) is 21.9 Å². The van der Waals surface area contributed by atoms with Crippen molar-refractivity contribution in [3.05, 3.63) is 42.5 Å². The van der Waals surface area contributed by atoms with Crippen LogP contribution in [-0.2, 0) is 9.84 Å². The maximum atomic E-state index is 11.5. The highest BCUT2D eigenvalue weighted by Gasteiger charge is 2.27. The van der Waals surface area contributed by atoms with Gasteiger partial charge in [-0.2, -0.15) is 0 Å². The van der Waals surface area contributed by atoms with Gasteiger partial charge in [-0.1, -0.05) is 18.2 Å². The molecule has 1 aliphatic heterocycles. The molecule has 0 aliphatic carbocycles. The summed E-state index contributed by atoms with van der Waals surface area (Å²) in [5.41, 5.74) is 2.66. The second kappa shape index (κ2) is 4.49. The molecule has 0 bridgehead atoms. The van der Waals surface area contributed by atoms with Crippen LogP contribution in [0.5, 0.6) is 0 Å². The third kappa shape index (κ3) is 2.27. The molecule has 0 radical (unpaired) electrons. The number of hydrogen-bond acceptors (Lipinski definition) is 4. The van der Waals surface area contributed by atoms with Gasteiger partial charge in [0.1, 0.15) is 11.2 Å². The number of para-hydroxylation sites is 1. The minimum absolute atomic E-state index is 0.00520. The molecule has 0 amide bonds. The summed E-state index contributed by atoms with van der Waals surface area (Å²) < 4.78 is 28.8. The molecular weight excluding hydrogens is 286 g/mol. The van der Waals surface area contributed by atoms with Gasteiger partial charge in [-0.3, -0.25) is 0 Å². The van der Waals surface area contributed by atoms with Crippen LogP contribution in [0.1, 0.15) is 6.42 Å². The van der Waals surface area contributed by atoms with Crippen LogP contribution >= 0.6 is 0 Å². The number of anilines is 1. The summed E-state index contributed by atoms with van der Waals surface area (Å²) in [6.45, 7) is 0. The van der Waals surface area contributed by atoms with Crippen LogP contribution < -0.4 is 5.32 Å². The summed E-state index contributed by atoms with van der Waals surface area (Å²) in [7, 11) is -2.86. The van der Waals surface area contributed by atoms with Gasteiger partial charge < -0.3 is 9.73 Å². The second-order valence-corrected chi connectivity index (χ2v) is 7.78. The Labute approximate surface area is 122 Å². The highest BCUT2D eigenvalue weighted by atomic mass is 32.2. The fourth-order valence-corrected chi connectivity index (χ4v) is 4.63. The Hall–Kier alpha value is -2.01. The first kappa shape index (κ1) is 12.7. The molecule has 0 saturated carbocycles. The van der Waals surface area contributed by atoms with E-state index < -0.39 is 9.84 Å². The molecule has 0 spiro atoms. The van der Waals surface area contributed by atoms with Crippen LogP contribution in [0.15, 0.2) is 46.9 Å². The smallest absolute Gasteiger partial charge is 0.152 e. The third-order valence-electron chi connectivity index (χ3n) is 3.98. The Kier molecular flexibility index (Phi) is 2.72. The summed E-state index contributed by atoms with van der Waals surface area (Å²) in [6.07, 6.45) is 0.673. The molecule has 4 nitrogen and oxygen atoms in total. The SMILES string of the molecule is O=S1(=O)CCC(Nc2ccc3oc4ccccc4c3c2)C1. The Morgan fingerprint density at radius 3 is 2.67 bits per heavy atom. The Morgan fingerprint density at radius 2 is 1.86 bits per heavy atom. The lowest BCUT2D eigenvalue weighted by Crippen LogP contribution is -2.20. The molecule has 108 valence electrons. The van der Waals surface area contributed by atoms with E-state index in [1.54, 1.807) is 0 Å². The fraction of sp³-hybridized carbons (Fsp3) is 0.250. The number of rotatable bonds is 2. The first-order chi connectivity index (χ1) is 10.1. The molecule has 1 unspecified atom stereocenters. The highest BCUT2D eigenvalue weighted by Crippen LogP contribution is 2.31. The first-order valence-corrected chi connectivity index (χ1v) is 8.81. The fourth-order valence-electron chi connectivity index (χ4n) is 2.96. The average molecular weight is 301 g/mol. The predicted molar refractivity (Wildman–Crippen MR) is 84.4 cm³/mol. The van der Waals surface area contributed by atoms with E-state index in [0.29, 0.717) is 6.42 Å². The molecule has 1 atom stereocenters. The van der Waals surface area contributed by atoms with Crippen LogP contribution in [-0.4, -0.2) is 26.0 Å². The predicted octanol–water partition coefficient (Wildman–Crippen LogP) is 3.19. The van der Waals surface area contributed by atoms with Gasteiger partial charge in [0, 0.05) is 22.5 Å². The van der Waals surface area contributed by atoms with E-state index in [4.69, 9.17) is 4.42 Å². The van der Waals surface area contributed by atoms with Crippen LogP contribution in [0.3, 0.4) is 0 Å². The van der Waals surface area contributed by atoms with E-state index >= 15 is 0 Å². The quantitative estimate of drug-likeness (QED) is 0.789. The van der Waals surface area contributed by atoms with Crippen molar-refractivity contribution in [3.63, 3.8) is 0 Å². The van der Waals surface area contributed by atoms with Gasteiger partial charge in [0.05, 0.1) is 11.5 Å². The van der Waals surface area contributed by atoms with Gasteiger partial charge in [-0.25, -0.2) is 8.42 Å². The molecule has 2 aromatic carbocycles. The highest BCUT2D eigenvalue weighted by molar-refractivity contribution is 7.91. The van der Waals surface area contributed by atoms with Crippen LogP contribution in [0.4, 0.5) is 5.69 Å². The zero-order chi connectivity index (χ0) is 14.4. The number of sulfone groups is 1. The standard InChI is InChI=1S/C16H15NO3S/c18-21(19)8-7-12(10-21)17-11-5-6-16-14(9-11)13-3-1-2-4-15(13)20-16/h1-6,9,12,17H,7-8,10H2. The second-order valence-electron chi connectivity index (χ2n) is 5.55. The average Bonchev–Trinajstić information content (AvgIpc) is 2.99. The molecule has 1 fully saturated rings. The molecule has 5 heteroatoms. The maximum absolute atomic E-state index is 11.5. The third-order valence-corrected chi connectivity index (χ3v) is 5.75. The van der Waals surface area contributed by atoms with Gasteiger partial charge in [-0.05, 0) is 30.7 Å². The van der Waals surface area contributed by atoms with Gasteiger partial charge in [-0.15, -0.1) is 0 Å². The summed E-state index contributed by atoms with van der Waals surface area (Å²) in [5, 5.41) is 5.45. The number of benzene rings is 2. The van der Waals surface area contributed by atoms with Crippen LogP contribution in [0, 0.1) is 0 Å². The zero-order valence-electron chi connectivity index (χ0n) is 11.4.